The molecule has 0 spiro atoms. The van der Waals surface area contributed by atoms with E-state index >= 15 is 0 Å². The lowest BCUT2D eigenvalue weighted by molar-refractivity contribution is 0.337. The molecule has 0 radical (unpaired) electrons. The lowest BCUT2D eigenvalue weighted by Crippen LogP contribution is -2.22. The van der Waals surface area contributed by atoms with Gasteiger partial charge in [-0.25, -0.2) is 8.42 Å². The molecule has 1 aromatic rings. The minimum atomic E-state index is -2.90. The van der Waals surface area contributed by atoms with Crippen LogP contribution in [0.4, 0.5) is 0 Å². The fraction of sp³-hybridized carbons (Fsp3) is 0.583. The molecule has 2 atom stereocenters. The summed E-state index contributed by atoms with van der Waals surface area (Å²) in [4.78, 5) is 4.08. The number of nitrogens with two attached hydrogens (primary N) is 1. The Morgan fingerprint density at radius 2 is 2.33 bits per heavy atom. The van der Waals surface area contributed by atoms with Gasteiger partial charge in [-0.2, -0.15) is 0 Å². The lowest BCUT2D eigenvalue weighted by Gasteiger charge is -2.18. The molecule has 2 heterocycles. The van der Waals surface area contributed by atoms with Crippen LogP contribution >= 0.6 is 0 Å². The number of aromatic nitrogens is 1. The van der Waals surface area contributed by atoms with Crippen molar-refractivity contribution in [3.05, 3.63) is 24.0 Å². The molecule has 2 rings (SSSR count). The van der Waals surface area contributed by atoms with E-state index in [9.17, 15) is 8.42 Å². The molecule has 2 unspecified atom stereocenters. The minimum absolute atomic E-state index is 0.0197. The van der Waals surface area contributed by atoms with Gasteiger partial charge in [-0.15, -0.1) is 0 Å². The maximum Gasteiger partial charge on any atom is 0.150 e. The smallest absolute Gasteiger partial charge is 0.150 e. The highest BCUT2D eigenvalue weighted by Crippen LogP contribution is 2.30. The SMILES string of the molecule is CCOc1cncc(C(N)C2CCS(=O)(=O)C2)c1. The van der Waals surface area contributed by atoms with Gasteiger partial charge in [-0.05, 0) is 30.9 Å². The first-order valence-electron chi connectivity index (χ1n) is 6.05. The number of sulfone groups is 1. The Labute approximate surface area is 107 Å². The number of hydrogen-bond acceptors (Lipinski definition) is 5. The highest BCUT2D eigenvalue weighted by Gasteiger charge is 2.32. The monoisotopic (exact) mass is 270 g/mol. The molecule has 0 bridgehead atoms. The molecule has 5 nitrogen and oxygen atoms in total. The molecule has 1 aliphatic heterocycles. The third-order valence-electron chi connectivity index (χ3n) is 3.21. The number of pyridine rings is 1. The van der Waals surface area contributed by atoms with Gasteiger partial charge in [-0.1, -0.05) is 0 Å². The van der Waals surface area contributed by atoms with Crippen molar-refractivity contribution in [2.75, 3.05) is 18.1 Å². The van der Waals surface area contributed by atoms with Crippen LogP contribution in [0.1, 0.15) is 24.9 Å². The van der Waals surface area contributed by atoms with E-state index in [1.54, 1.807) is 12.4 Å². The number of hydrogen-bond donors (Lipinski definition) is 1. The van der Waals surface area contributed by atoms with Crippen molar-refractivity contribution in [1.82, 2.24) is 4.98 Å². The van der Waals surface area contributed by atoms with Gasteiger partial charge in [0.1, 0.15) is 5.75 Å². The van der Waals surface area contributed by atoms with E-state index in [1.807, 2.05) is 13.0 Å². The van der Waals surface area contributed by atoms with Crippen LogP contribution in [0, 0.1) is 5.92 Å². The average Bonchev–Trinajstić information content (AvgIpc) is 2.70. The lowest BCUT2D eigenvalue weighted by atomic mass is 9.94. The van der Waals surface area contributed by atoms with Crippen molar-refractivity contribution in [3.8, 4) is 5.75 Å². The maximum atomic E-state index is 11.5. The summed E-state index contributed by atoms with van der Waals surface area (Å²) in [5, 5.41) is 0. The third kappa shape index (κ3) is 3.00. The van der Waals surface area contributed by atoms with Crippen LogP contribution in [0.25, 0.3) is 0 Å². The van der Waals surface area contributed by atoms with Crippen molar-refractivity contribution in [1.29, 1.82) is 0 Å². The highest BCUT2D eigenvalue weighted by molar-refractivity contribution is 7.91. The molecular formula is C12H18N2O3S. The van der Waals surface area contributed by atoms with Gasteiger partial charge >= 0.3 is 0 Å². The Bertz CT molecular complexity index is 516. The largest absolute Gasteiger partial charge is 0.492 e. The van der Waals surface area contributed by atoms with Crippen molar-refractivity contribution in [3.63, 3.8) is 0 Å². The van der Waals surface area contributed by atoms with Crippen molar-refractivity contribution >= 4 is 9.84 Å². The molecule has 18 heavy (non-hydrogen) atoms. The summed E-state index contributed by atoms with van der Waals surface area (Å²) in [5.74, 6) is 1.07. The van der Waals surface area contributed by atoms with Crippen LogP contribution in [0.3, 0.4) is 0 Å². The molecule has 2 N–H and O–H groups in total. The van der Waals surface area contributed by atoms with Crippen LogP contribution in [-0.2, 0) is 9.84 Å². The highest BCUT2D eigenvalue weighted by atomic mass is 32.2. The Hall–Kier alpha value is -1.14. The zero-order valence-corrected chi connectivity index (χ0v) is 11.2. The van der Waals surface area contributed by atoms with Gasteiger partial charge in [-0.3, -0.25) is 4.98 Å². The number of rotatable bonds is 4. The van der Waals surface area contributed by atoms with Gasteiger partial charge in [0.15, 0.2) is 9.84 Å². The summed E-state index contributed by atoms with van der Waals surface area (Å²) in [6.45, 7) is 2.47. The topological polar surface area (TPSA) is 82.3 Å². The molecule has 1 aliphatic rings. The first-order valence-corrected chi connectivity index (χ1v) is 7.87. The van der Waals surface area contributed by atoms with Crippen LogP contribution in [0.5, 0.6) is 5.75 Å². The first kappa shape index (κ1) is 13.3. The second-order valence-corrected chi connectivity index (χ2v) is 6.80. The summed E-state index contributed by atoms with van der Waals surface area (Å²) in [6.07, 6.45) is 3.94. The zero-order valence-electron chi connectivity index (χ0n) is 10.4. The summed E-state index contributed by atoms with van der Waals surface area (Å²) in [5.41, 5.74) is 6.96. The Morgan fingerprint density at radius 1 is 1.56 bits per heavy atom. The Kier molecular flexibility index (Phi) is 3.87. The van der Waals surface area contributed by atoms with E-state index in [2.05, 4.69) is 4.98 Å². The minimum Gasteiger partial charge on any atom is -0.492 e. The summed E-state index contributed by atoms with van der Waals surface area (Å²) >= 11 is 0. The third-order valence-corrected chi connectivity index (χ3v) is 5.00. The van der Waals surface area contributed by atoms with Crippen molar-refractivity contribution in [2.24, 2.45) is 11.7 Å². The summed E-state index contributed by atoms with van der Waals surface area (Å²) < 4.78 is 28.3. The van der Waals surface area contributed by atoms with Crippen LogP contribution in [-0.4, -0.2) is 31.5 Å². The second-order valence-electron chi connectivity index (χ2n) is 4.58. The van der Waals surface area contributed by atoms with Crippen molar-refractivity contribution < 1.29 is 13.2 Å². The molecule has 1 saturated heterocycles. The van der Waals surface area contributed by atoms with Gasteiger partial charge in [0.25, 0.3) is 0 Å². The van der Waals surface area contributed by atoms with Crippen molar-refractivity contribution in [2.45, 2.75) is 19.4 Å². The molecule has 6 heteroatoms. The summed E-state index contributed by atoms with van der Waals surface area (Å²) in [7, 11) is -2.90. The van der Waals surface area contributed by atoms with Crippen LogP contribution < -0.4 is 10.5 Å². The van der Waals surface area contributed by atoms with E-state index in [4.69, 9.17) is 10.5 Å². The van der Waals surface area contributed by atoms with E-state index in [0.717, 1.165) is 5.56 Å². The Balaban J connectivity index is 2.13. The van der Waals surface area contributed by atoms with Gasteiger partial charge < -0.3 is 10.5 Å². The molecule has 0 amide bonds. The quantitative estimate of drug-likeness (QED) is 0.879. The average molecular weight is 270 g/mol. The fourth-order valence-corrected chi connectivity index (χ4v) is 4.10. The summed E-state index contributed by atoms with van der Waals surface area (Å²) in [6, 6.07) is 1.54. The standard InChI is InChI=1S/C12H18N2O3S/c1-2-17-11-5-10(6-14-7-11)12(13)9-3-4-18(15,16)8-9/h5-7,9,12H,2-4,8,13H2,1H3. The van der Waals surface area contributed by atoms with E-state index in [0.29, 0.717) is 18.8 Å². The normalized spacial score (nSPS) is 23.8. The molecular weight excluding hydrogens is 252 g/mol. The van der Waals surface area contributed by atoms with E-state index in [1.165, 1.54) is 0 Å². The van der Waals surface area contributed by atoms with E-state index < -0.39 is 9.84 Å². The molecule has 1 aromatic heterocycles. The number of ether oxygens (including phenoxy) is 1. The first-order chi connectivity index (χ1) is 8.52. The second kappa shape index (κ2) is 5.24. The predicted molar refractivity (Wildman–Crippen MR) is 69.1 cm³/mol. The van der Waals surface area contributed by atoms with Gasteiger partial charge in [0.05, 0.1) is 24.3 Å². The number of nitrogens with zero attached hydrogens (tertiary/aromatic N) is 1. The van der Waals surface area contributed by atoms with Crippen LogP contribution in [0.2, 0.25) is 0 Å². The van der Waals surface area contributed by atoms with Gasteiger partial charge in [0.2, 0.25) is 0 Å². The molecule has 0 saturated carbocycles. The predicted octanol–water partition coefficient (Wildman–Crippen LogP) is 0.915. The molecule has 100 valence electrons. The Morgan fingerprint density at radius 3 is 2.94 bits per heavy atom. The van der Waals surface area contributed by atoms with Gasteiger partial charge in [0, 0.05) is 12.2 Å². The zero-order chi connectivity index (χ0) is 13.2. The molecule has 1 fully saturated rings. The molecule has 0 aromatic carbocycles. The van der Waals surface area contributed by atoms with Crippen LogP contribution in [0.15, 0.2) is 18.5 Å². The maximum absolute atomic E-state index is 11.5. The molecule has 0 aliphatic carbocycles. The van der Waals surface area contributed by atoms with E-state index in [-0.39, 0.29) is 23.5 Å². The fourth-order valence-electron chi connectivity index (χ4n) is 2.24.